The van der Waals surface area contributed by atoms with Crippen LogP contribution in [0.3, 0.4) is 0 Å². The largest absolute Gasteiger partial charge is 0.472 e. The van der Waals surface area contributed by atoms with Crippen molar-refractivity contribution in [3.63, 3.8) is 0 Å². The first-order valence-corrected chi connectivity index (χ1v) is 8.18. The summed E-state index contributed by atoms with van der Waals surface area (Å²) in [7, 11) is 1.20. The maximum atomic E-state index is 12.6. The van der Waals surface area contributed by atoms with Crippen LogP contribution in [-0.4, -0.2) is 53.3 Å². The average molecular weight is 390 g/mol. The number of likely N-dealkylation sites (tertiary alicyclic amines) is 1. The number of carbonyl (C=O) groups is 2. The quantitative estimate of drug-likeness (QED) is 0.739. The molecule has 1 amide bonds. The number of pyridine rings is 1. The Bertz CT molecular complexity index is 685. The second-order valence-corrected chi connectivity index (χ2v) is 7.03. The fraction of sp³-hybridized carbons (Fsp3) is 0.588. The van der Waals surface area contributed by atoms with Gasteiger partial charge >= 0.3 is 18.2 Å². The lowest BCUT2D eigenvalue weighted by molar-refractivity contribution is -0.145. The summed E-state index contributed by atoms with van der Waals surface area (Å²) in [6, 6.07) is 1.02. The number of carbonyl (C=O) groups excluding carboxylic acids is 2. The van der Waals surface area contributed by atoms with Crippen LogP contribution in [0.1, 0.15) is 32.8 Å². The monoisotopic (exact) mass is 390 g/mol. The van der Waals surface area contributed by atoms with E-state index in [0.717, 1.165) is 12.1 Å². The minimum Gasteiger partial charge on any atom is -0.472 e. The van der Waals surface area contributed by atoms with E-state index in [1.165, 1.54) is 12.0 Å². The van der Waals surface area contributed by atoms with Gasteiger partial charge in [0.05, 0.1) is 19.2 Å². The van der Waals surface area contributed by atoms with Crippen LogP contribution in [0.2, 0.25) is 0 Å². The fourth-order valence-electron chi connectivity index (χ4n) is 2.55. The van der Waals surface area contributed by atoms with Crippen LogP contribution < -0.4 is 4.74 Å². The number of esters is 1. The SMILES string of the molecule is COC(=O)[C@H]1C[C@H](Oc2ccc(C(F)(F)F)cn2)CN1C(=O)OC(C)(C)C. The number of alkyl halides is 3. The second-order valence-electron chi connectivity index (χ2n) is 7.03. The van der Waals surface area contributed by atoms with Crippen LogP contribution in [0.5, 0.6) is 5.88 Å². The Kier molecular flexibility index (Phi) is 5.86. The summed E-state index contributed by atoms with van der Waals surface area (Å²) in [4.78, 5) is 29.1. The van der Waals surface area contributed by atoms with Gasteiger partial charge in [-0.2, -0.15) is 13.2 Å². The molecule has 0 spiro atoms. The van der Waals surface area contributed by atoms with E-state index in [1.54, 1.807) is 20.8 Å². The van der Waals surface area contributed by atoms with E-state index in [4.69, 9.17) is 14.2 Å². The molecule has 1 fully saturated rings. The van der Waals surface area contributed by atoms with E-state index in [9.17, 15) is 22.8 Å². The average Bonchev–Trinajstić information content (AvgIpc) is 2.96. The molecule has 0 aromatic carbocycles. The number of hydrogen-bond donors (Lipinski definition) is 0. The number of amides is 1. The molecule has 0 unspecified atom stereocenters. The van der Waals surface area contributed by atoms with Crippen LogP contribution in [0.25, 0.3) is 0 Å². The normalized spacial score (nSPS) is 20.3. The molecule has 0 radical (unpaired) electrons. The molecule has 1 aliphatic heterocycles. The highest BCUT2D eigenvalue weighted by Gasteiger charge is 2.43. The van der Waals surface area contributed by atoms with Gasteiger partial charge in [0.25, 0.3) is 0 Å². The highest BCUT2D eigenvalue weighted by Crippen LogP contribution is 2.30. The van der Waals surface area contributed by atoms with Crippen molar-refractivity contribution < 1.29 is 37.0 Å². The Balaban J connectivity index is 2.10. The minimum atomic E-state index is -4.50. The summed E-state index contributed by atoms with van der Waals surface area (Å²) in [6.07, 6.45) is -5.08. The van der Waals surface area contributed by atoms with Gasteiger partial charge in [0.1, 0.15) is 17.7 Å². The molecule has 1 aromatic heterocycles. The second kappa shape index (κ2) is 7.61. The molecule has 10 heteroatoms. The highest BCUT2D eigenvalue weighted by molar-refractivity contribution is 5.82. The molecule has 0 aliphatic carbocycles. The maximum Gasteiger partial charge on any atom is 0.417 e. The molecule has 0 saturated carbocycles. The van der Waals surface area contributed by atoms with Gasteiger partial charge < -0.3 is 14.2 Å². The molecule has 0 bridgehead atoms. The zero-order chi connectivity index (χ0) is 20.4. The molecule has 2 rings (SSSR count). The third kappa shape index (κ3) is 5.48. The number of hydrogen-bond acceptors (Lipinski definition) is 6. The van der Waals surface area contributed by atoms with E-state index in [0.29, 0.717) is 6.20 Å². The molecular weight excluding hydrogens is 369 g/mol. The van der Waals surface area contributed by atoms with Crippen molar-refractivity contribution in [3.05, 3.63) is 23.9 Å². The van der Waals surface area contributed by atoms with Gasteiger partial charge in [0.2, 0.25) is 5.88 Å². The number of halogens is 3. The topological polar surface area (TPSA) is 78.0 Å². The van der Waals surface area contributed by atoms with Gasteiger partial charge in [-0.15, -0.1) is 0 Å². The number of rotatable bonds is 3. The van der Waals surface area contributed by atoms with Crippen molar-refractivity contribution >= 4 is 12.1 Å². The van der Waals surface area contributed by atoms with Crippen LogP contribution in [-0.2, 0) is 20.4 Å². The Hall–Kier alpha value is -2.52. The van der Waals surface area contributed by atoms with Gasteiger partial charge in [0, 0.05) is 18.7 Å². The van der Waals surface area contributed by atoms with Gasteiger partial charge in [-0.05, 0) is 26.8 Å². The first-order valence-electron chi connectivity index (χ1n) is 8.18. The zero-order valence-electron chi connectivity index (χ0n) is 15.4. The van der Waals surface area contributed by atoms with Crippen LogP contribution >= 0.6 is 0 Å². The van der Waals surface area contributed by atoms with Crippen molar-refractivity contribution in [2.24, 2.45) is 0 Å². The number of ether oxygens (including phenoxy) is 3. The Morgan fingerprint density at radius 3 is 2.37 bits per heavy atom. The molecule has 27 heavy (non-hydrogen) atoms. The summed E-state index contributed by atoms with van der Waals surface area (Å²) in [5, 5.41) is 0. The summed E-state index contributed by atoms with van der Waals surface area (Å²) in [5.41, 5.74) is -1.66. The molecular formula is C17H21F3N2O5. The third-order valence-electron chi connectivity index (χ3n) is 3.72. The van der Waals surface area contributed by atoms with Crippen molar-refractivity contribution in [1.29, 1.82) is 0 Å². The van der Waals surface area contributed by atoms with Crippen molar-refractivity contribution in [1.82, 2.24) is 9.88 Å². The molecule has 1 saturated heterocycles. The predicted molar refractivity (Wildman–Crippen MR) is 87.0 cm³/mol. The van der Waals surface area contributed by atoms with Gasteiger partial charge in [-0.25, -0.2) is 14.6 Å². The van der Waals surface area contributed by atoms with Crippen LogP contribution in [0.15, 0.2) is 18.3 Å². The summed E-state index contributed by atoms with van der Waals surface area (Å²) >= 11 is 0. The van der Waals surface area contributed by atoms with Gasteiger partial charge in [0.15, 0.2) is 0 Å². The van der Waals surface area contributed by atoms with E-state index in [1.807, 2.05) is 0 Å². The van der Waals surface area contributed by atoms with E-state index in [-0.39, 0.29) is 18.8 Å². The Morgan fingerprint density at radius 2 is 1.89 bits per heavy atom. The molecule has 2 heterocycles. The lowest BCUT2D eigenvalue weighted by atomic mass is 10.2. The van der Waals surface area contributed by atoms with E-state index < -0.39 is 41.5 Å². The minimum absolute atomic E-state index is 0.0113. The van der Waals surface area contributed by atoms with Crippen molar-refractivity contribution in [3.8, 4) is 5.88 Å². The summed E-state index contributed by atoms with van der Waals surface area (Å²) in [6.45, 7) is 5.08. The maximum absolute atomic E-state index is 12.6. The number of methoxy groups -OCH3 is 1. The first kappa shape index (κ1) is 20.8. The van der Waals surface area contributed by atoms with Crippen molar-refractivity contribution in [2.75, 3.05) is 13.7 Å². The molecule has 0 N–H and O–H groups in total. The van der Waals surface area contributed by atoms with Gasteiger partial charge in [-0.3, -0.25) is 4.90 Å². The zero-order valence-corrected chi connectivity index (χ0v) is 15.4. The van der Waals surface area contributed by atoms with Gasteiger partial charge in [-0.1, -0.05) is 0 Å². The first-order chi connectivity index (χ1) is 12.4. The van der Waals surface area contributed by atoms with Crippen LogP contribution in [0.4, 0.5) is 18.0 Å². The van der Waals surface area contributed by atoms with E-state index in [2.05, 4.69) is 4.98 Å². The van der Waals surface area contributed by atoms with Crippen LogP contribution in [0, 0.1) is 0 Å². The van der Waals surface area contributed by atoms with E-state index >= 15 is 0 Å². The summed E-state index contributed by atoms with van der Waals surface area (Å²) < 4.78 is 53.3. The number of nitrogens with zero attached hydrogens (tertiary/aromatic N) is 2. The molecule has 1 aliphatic rings. The summed E-state index contributed by atoms with van der Waals surface area (Å²) in [5.74, 6) is -0.671. The number of aromatic nitrogens is 1. The van der Waals surface area contributed by atoms with Crippen molar-refractivity contribution in [2.45, 2.75) is 51.1 Å². The fourth-order valence-corrected chi connectivity index (χ4v) is 2.55. The molecule has 2 atom stereocenters. The Morgan fingerprint density at radius 1 is 1.22 bits per heavy atom. The lowest BCUT2D eigenvalue weighted by Gasteiger charge is -2.27. The third-order valence-corrected chi connectivity index (χ3v) is 3.72. The molecule has 150 valence electrons. The molecule has 1 aromatic rings. The predicted octanol–water partition coefficient (Wildman–Crippen LogP) is 3.03. The standard InChI is InChI=1S/C17H21F3N2O5/c1-16(2,3)27-15(24)22-9-11(7-12(22)14(23)25-4)26-13-6-5-10(8-21-13)17(18,19)20/h5-6,8,11-12H,7,9H2,1-4H3/t11-,12+/m0/s1. The smallest absolute Gasteiger partial charge is 0.417 e. The Labute approximate surface area is 154 Å². The lowest BCUT2D eigenvalue weighted by Crippen LogP contribution is -2.44. The highest BCUT2D eigenvalue weighted by atomic mass is 19.4. The molecule has 7 nitrogen and oxygen atoms in total.